The fraction of sp³-hybridized carbons (Fsp3) is 0.200. The molecular weight excluding hydrogens is 358 g/mol. The van der Waals surface area contributed by atoms with Crippen LogP contribution >= 0.6 is 11.6 Å². The third-order valence-corrected chi connectivity index (χ3v) is 4.47. The molecular formula is C15H14ClNO6S. The first-order valence-corrected chi connectivity index (χ1v) is 8.73. The van der Waals surface area contributed by atoms with Crippen molar-refractivity contribution in [2.75, 3.05) is 6.61 Å². The van der Waals surface area contributed by atoms with Crippen LogP contribution in [0.4, 0.5) is 5.69 Å². The lowest BCUT2D eigenvalue weighted by Gasteiger charge is -2.09. The van der Waals surface area contributed by atoms with Crippen molar-refractivity contribution in [2.45, 2.75) is 18.2 Å². The summed E-state index contributed by atoms with van der Waals surface area (Å²) in [5, 5.41) is 10.7. The topological polar surface area (TPSA) is 95.7 Å². The Morgan fingerprint density at radius 2 is 1.75 bits per heavy atom. The van der Waals surface area contributed by atoms with Gasteiger partial charge in [0.1, 0.15) is 21.4 Å². The Kier molecular flexibility index (Phi) is 5.63. The molecule has 0 saturated carbocycles. The van der Waals surface area contributed by atoms with E-state index >= 15 is 0 Å². The number of ether oxygens (including phenoxy) is 1. The van der Waals surface area contributed by atoms with Gasteiger partial charge in [0.2, 0.25) is 0 Å². The SMILES string of the molecule is CCCOc1ccc(OS(=O)(=O)c2ccc(Cl)c([N+](=O)[O-])c2)cc1. The molecule has 0 aliphatic rings. The third kappa shape index (κ3) is 4.36. The van der Waals surface area contributed by atoms with E-state index in [2.05, 4.69) is 0 Å². The van der Waals surface area contributed by atoms with E-state index in [1.165, 1.54) is 12.1 Å². The summed E-state index contributed by atoms with van der Waals surface area (Å²) in [7, 11) is -4.22. The van der Waals surface area contributed by atoms with Crippen LogP contribution in [0.25, 0.3) is 0 Å². The highest BCUT2D eigenvalue weighted by Gasteiger charge is 2.22. The van der Waals surface area contributed by atoms with E-state index in [-0.39, 0.29) is 15.7 Å². The van der Waals surface area contributed by atoms with Gasteiger partial charge in [-0.2, -0.15) is 8.42 Å². The van der Waals surface area contributed by atoms with E-state index in [4.69, 9.17) is 20.5 Å². The molecule has 0 radical (unpaired) electrons. The normalized spacial score (nSPS) is 11.1. The lowest BCUT2D eigenvalue weighted by molar-refractivity contribution is -0.384. The summed E-state index contributed by atoms with van der Waals surface area (Å²) in [5.74, 6) is 0.653. The second-order valence-electron chi connectivity index (χ2n) is 4.73. The molecule has 128 valence electrons. The molecule has 2 aromatic rings. The van der Waals surface area contributed by atoms with Gasteiger partial charge in [-0.25, -0.2) is 0 Å². The zero-order chi connectivity index (χ0) is 17.7. The van der Waals surface area contributed by atoms with Crippen molar-refractivity contribution in [3.63, 3.8) is 0 Å². The van der Waals surface area contributed by atoms with Gasteiger partial charge in [-0.15, -0.1) is 0 Å². The van der Waals surface area contributed by atoms with Gasteiger partial charge in [-0.1, -0.05) is 18.5 Å². The molecule has 0 fully saturated rings. The first-order valence-electron chi connectivity index (χ1n) is 6.95. The molecule has 2 aromatic carbocycles. The average molecular weight is 372 g/mol. The Morgan fingerprint density at radius 3 is 2.33 bits per heavy atom. The summed E-state index contributed by atoms with van der Waals surface area (Å²) in [6.07, 6.45) is 0.849. The molecule has 0 saturated heterocycles. The standard InChI is InChI=1S/C15H14ClNO6S/c1-2-9-22-11-3-5-12(6-4-11)23-24(20,21)13-7-8-14(16)15(10-13)17(18)19/h3-8,10H,2,9H2,1H3. The van der Waals surface area contributed by atoms with Crippen LogP contribution in [-0.2, 0) is 10.1 Å². The zero-order valence-corrected chi connectivity index (χ0v) is 14.2. The molecule has 0 bridgehead atoms. The zero-order valence-electron chi connectivity index (χ0n) is 12.6. The molecule has 0 N–H and O–H groups in total. The van der Waals surface area contributed by atoms with Crippen molar-refractivity contribution in [1.82, 2.24) is 0 Å². The van der Waals surface area contributed by atoms with Crippen LogP contribution in [0.2, 0.25) is 5.02 Å². The summed E-state index contributed by atoms with van der Waals surface area (Å²) in [6.45, 7) is 2.52. The summed E-state index contributed by atoms with van der Waals surface area (Å²) in [6, 6.07) is 9.16. The van der Waals surface area contributed by atoms with Crippen molar-refractivity contribution in [1.29, 1.82) is 0 Å². The van der Waals surface area contributed by atoms with Crippen LogP contribution < -0.4 is 8.92 Å². The second-order valence-corrected chi connectivity index (χ2v) is 6.68. The molecule has 0 aliphatic carbocycles. The number of nitro benzene ring substituents is 1. The van der Waals surface area contributed by atoms with Crippen LogP contribution in [0.3, 0.4) is 0 Å². The largest absolute Gasteiger partial charge is 0.494 e. The van der Waals surface area contributed by atoms with E-state index in [0.717, 1.165) is 24.6 Å². The number of rotatable bonds is 7. The number of nitrogens with zero attached hydrogens (tertiary/aromatic N) is 1. The Balaban J connectivity index is 2.22. The van der Waals surface area contributed by atoms with E-state index in [1.54, 1.807) is 12.1 Å². The van der Waals surface area contributed by atoms with Crippen molar-refractivity contribution >= 4 is 27.4 Å². The lowest BCUT2D eigenvalue weighted by Crippen LogP contribution is -2.10. The molecule has 9 heteroatoms. The average Bonchev–Trinajstić information content (AvgIpc) is 2.54. The number of hydrogen-bond donors (Lipinski definition) is 0. The first kappa shape index (κ1) is 18.0. The highest BCUT2D eigenvalue weighted by molar-refractivity contribution is 7.87. The van der Waals surface area contributed by atoms with Gasteiger partial charge in [0.25, 0.3) is 5.69 Å². The van der Waals surface area contributed by atoms with Crippen molar-refractivity contribution in [3.05, 3.63) is 57.6 Å². The fourth-order valence-electron chi connectivity index (χ4n) is 1.77. The Labute approximate surface area is 144 Å². The highest BCUT2D eigenvalue weighted by atomic mass is 35.5. The molecule has 2 rings (SSSR count). The maximum atomic E-state index is 12.2. The van der Waals surface area contributed by atoms with Crippen molar-refractivity contribution in [2.24, 2.45) is 0 Å². The van der Waals surface area contributed by atoms with E-state index in [9.17, 15) is 18.5 Å². The minimum Gasteiger partial charge on any atom is -0.494 e. The summed E-state index contributed by atoms with van der Waals surface area (Å²) in [5.41, 5.74) is -0.510. The van der Waals surface area contributed by atoms with Gasteiger partial charge in [0.05, 0.1) is 11.5 Å². The third-order valence-electron chi connectivity index (χ3n) is 2.91. The van der Waals surface area contributed by atoms with Gasteiger partial charge in [-0.3, -0.25) is 10.1 Å². The van der Waals surface area contributed by atoms with Gasteiger partial charge >= 0.3 is 10.1 Å². The molecule has 0 heterocycles. The van der Waals surface area contributed by atoms with Crippen LogP contribution in [0.1, 0.15) is 13.3 Å². The number of hydrogen-bond acceptors (Lipinski definition) is 6. The predicted octanol–water partition coefficient (Wildman–Crippen LogP) is 3.80. The number of benzene rings is 2. The van der Waals surface area contributed by atoms with Gasteiger partial charge in [-0.05, 0) is 42.8 Å². The fourth-order valence-corrected chi connectivity index (χ4v) is 2.91. The van der Waals surface area contributed by atoms with Crippen molar-refractivity contribution in [3.8, 4) is 11.5 Å². The van der Waals surface area contributed by atoms with E-state index in [1.807, 2.05) is 6.92 Å². The molecule has 0 unspecified atom stereocenters. The highest BCUT2D eigenvalue weighted by Crippen LogP contribution is 2.29. The quantitative estimate of drug-likeness (QED) is 0.417. The number of halogens is 1. The van der Waals surface area contributed by atoms with E-state index in [0.29, 0.717) is 12.4 Å². The molecule has 24 heavy (non-hydrogen) atoms. The van der Waals surface area contributed by atoms with Gasteiger partial charge in [0.15, 0.2) is 0 Å². The van der Waals surface area contributed by atoms with Crippen LogP contribution in [0.15, 0.2) is 47.4 Å². The van der Waals surface area contributed by atoms with E-state index < -0.39 is 20.7 Å². The second kappa shape index (κ2) is 7.50. The monoisotopic (exact) mass is 371 g/mol. The Bertz CT molecular complexity index is 836. The molecule has 0 spiro atoms. The Morgan fingerprint density at radius 1 is 1.12 bits per heavy atom. The van der Waals surface area contributed by atoms with Crippen molar-refractivity contribution < 1.29 is 22.3 Å². The van der Waals surface area contributed by atoms with Gasteiger partial charge in [0, 0.05) is 6.07 Å². The number of nitro groups is 1. The van der Waals surface area contributed by atoms with Crippen LogP contribution in [-0.4, -0.2) is 19.9 Å². The Hall–Kier alpha value is -2.32. The minimum atomic E-state index is -4.22. The summed E-state index contributed by atoms with van der Waals surface area (Å²) in [4.78, 5) is 9.74. The maximum absolute atomic E-state index is 12.2. The summed E-state index contributed by atoms with van der Waals surface area (Å²) >= 11 is 5.67. The molecule has 0 aromatic heterocycles. The predicted molar refractivity (Wildman–Crippen MR) is 88.1 cm³/mol. The molecule has 7 nitrogen and oxygen atoms in total. The minimum absolute atomic E-state index is 0.0662. The van der Waals surface area contributed by atoms with Crippen LogP contribution in [0.5, 0.6) is 11.5 Å². The van der Waals surface area contributed by atoms with Crippen LogP contribution in [0, 0.1) is 10.1 Å². The smallest absolute Gasteiger partial charge is 0.339 e. The molecule has 0 amide bonds. The maximum Gasteiger partial charge on any atom is 0.339 e. The molecule has 0 atom stereocenters. The first-order chi connectivity index (χ1) is 11.3. The van der Waals surface area contributed by atoms with Gasteiger partial charge < -0.3 is 8.92 Å². The lowest BCUT2D eigenvalue weighted by atomic mass is 10.3. The molecule has 0 aliphatic heterocycles. The summed E-state index contributed by atoms with van der Waals surface area (Å²) < 4.78 is 34.8.